The molecule has 18 atom stereocenters. The first-order valence-electron chi connectivity index (χ1n) is 17.1. The predicted molar refractivity (Wildman–Crippen MR) is 169 cm³/mol. The fraction of sp³-hybridized carbons (Fsp3) is 0.971. The molecule has 4 heterocycles. The van der Waals surface area contributed by atoms with Crippen LogP contribution in [0.4, 0.5) is 0 Å². The number of carbonyl (C=O) groups excluding carboxylic acids is 1. The molecule has 4 saturated heterocycles. The molecule has 0 saturated carbocycles. The van der Waals surface area contributed by atoms with Crippen LogP contribution in [0.2, 0.25) is 0 Å². The number of esters is 1. The number of fused-ring (bicyclic) bond motifs is 2. The number of rotatable bonds is 7. The lowest BCUT2D eigenvalue weighted by Crippen LogP contribution is -2.60. The minimum Gasteiger partial charge on any atom is -0.459 e. The Bertz CT molecular complexity index is 1030. The van der Waals surface area contributed by atoms with Gasteiger partial charge in [-0.1, -0.05) is 20.8 Å². The van der Waals surface area contributed by atoms with E-state index in [1.54, 1.807) is 27.9 Å². The highest BCUT2D eigenvalue weighted by Crippen LogP contribution is 2.47. The fourth-order valence-corrected chi connectivity index (χ4v) is 8.51. The molecule has 4 aliphatic heterocycles. The molecule has 4 rings (SSSR count). The van der Waals surface area contributed by atoms with E-state index in [0.29, 0.717) is 12.8 Å². The van der Waals surface area contributed by atoms with Crippen LogP contribution in [0.1, 0.15) is 81.6 Å². The molecule has 0 aromatic carbocycles. The van der Waals surface area contributed by atoms with Gasteiger partial charge >= 0.3 is 5.97 Å². The highest BCUT2D eigenvalue weighted by Gasteiger charge is 2.57. The molecule has 3 unspecified atom stereocenters. The summed E-state index contributed by atoms with van der Waals surface area (Å²) in [6, 6.07) is -0.182. The van der Waals surface area contributed by atoms with Crippen molar-refractivity contribution in [3.63, 3.8) is 0 Å². The topological polar surface area (TPSA) is 146 Å². The van der Waals surface area contributed by atoms with Crippen molar-refractivity contribution in [1.29, 1.82) is 0 Å². The quantitative estimate of drug-likeness (QED) is 0.345. The second kappa shape index (κ2) is 14.5. The standard InChI is InChI=1S/C34H61NO11/c1-16-14-34(9)30(45-32-25(37)23(35(10)11)13-17(2)41-32)19(4)27(43-24-15-33(8,40-12)29(38)22(7)42-24)20(5)31(39)44-28(21(6)36)18(3)26(16)46-34/h16-30,32,36-38H,13-15H2,1-12H3/t16?,17-,18+,19+,20-,21?,22+,23+,24+,25-,26?,27+,28-,29+,30-,32+,33-,34-/m1/s1. The van der Waals surface area contributed by atoms with Gasteiger partial charge in [0.05, 0.1) is 53.7 Å². The minimum absolute atomic E-state index is 0.0477. The summed E-state index contributed by atoms with van der Waals surface area (Å²) in [5.74, 6) is -2.09. The number of cyclic esters (lactones) is 1. The van der Waals surface area contributed by atoms with Crippen molar-refractivity contribution < 1.29 is 53.3 Å². The lowest BCUT2D eigenvalue weighted by molar-refractivity contribution is -0.318. The van der Waals surface area contributed by atoms with Crippen LogP contribution in [0, 0.1) is 23.7 Å². The summed E-state index contributed by atoms with van der Waals surface area (Å²) < 4.78 is 44.7. The van der Waals surface area contributed by atoms with Gasteiger partial charge in [-0.05, 0) is 74.4 Å². The van der Waals surface area contributed by atoms with Crippen molar-refractivity contribution in [1.82, 2.24) is 4.90 Å². The van der Waals surface area contributed by atoms with Crippen molar-refractivity contribution in [2.24, 2.45) is 23.7 Å². The molecule has 4 aliphatic rings. The maximum absolute atomic E-state index is 13.9. The Kier molecular flexibility index (Phi) is 11.9. The van der Waals surface area contributed by atoms with Gasteiger partial charge in [0, 0.05) is 31.4 Å². The van der Waals surface area contributed by atoms with E-state index in [0.717, 1.165) is 0 Å². The van der Waals surface area contributed by atoms with E-state index in [4.69, 9.17) is 33.2 Å². The highest BCUT2D eigenvalue weighted by atomic mass is 16.7. The third kappa shape index (κ3) is 7.46. The Morgan fingerprint density at radius 2 is 1.63 bits per heavy atom. The maximum atomic E-state index is 13.9. The number of hydrogen-bond donors (Lipinski definition) is 3. The summed E-state index contributed by atoms with van der Waals surface area (Å²) in [5, 5.41) is 33.1. The van der Waals surface area contributed by atoms with E-state index in [9.17, 15) is 20.1 Å². The fourth-order valence-electron chi connectivity index (χ4n) is 8.51. The number of nitrogens with zero attached hydrogens (tertiary/aromatic N) is 1. The van der Waals surface area contributed by atoms with E-state index >= 15 is 0 Å². The summed E-state index contributed by atoms with van der Waals surface area (Å²) >= 11 is 0. The lowest BCUT2D eigenvalue weighted by atomic mass is 9.77. The molecule has 0 spiro atoms. The van der Waals surface area contributed by atoms with Crippen molar-refractivity contribution in [3.05, 3.63) is 0 Å². The number of aliphatic hydroxyl groups is 3. The first-order chi connectivity index (χ1) is 21.3. The molecule has 3 N–H and O–H groups in total. The molecule has 0 aromatic rings. The third-order valence-corrected chi connectivity index (χ3v) is 11.3. The Morgan fingerprint density at radius 1 is 0.978 bits per heavy atom. The van der Waals surface area contributed by atoms with Gasteiger partial charge in [0.2, 0.25) is 0 Å². The van der Waals surface area contributed by atoms with Crippen LogP contribution in [-0.2, 0) is 38.0 Å². The van der Waals surface area contributed by atoms with Gasteiger partial charge in [0.15, 0.2) is 12.6 Å². The average molecular weight is 660 g/mol. The Balaban J connectivity index is 1.78. The van der Waals surface area contributed by atoms with Gasteiger partial charge in [0.25, 0.3) is 0 Å². The van der Waals surface area contributed by atoms with Gasteiger partial charge in [-0.3, -0.25) is 4.79 Å². The summed E-state index contributed by atoms with van der Waals surface area (Å²) in [5.41, 5.74) is -1.81. The normalized spacial score (nSPS) is 51.4. The largest absolute Gasteiger partial charge is 0.459 e. The van der Waals surface area contributed by atoms with E-state index in [1.807, 2.05) is 53.6 Å². The predicted octanol–water partition coefficient (Wildman–Crippen LogP) is 2.48. The van der Waals surface area contributed by atoms with Crippen molar-refractivity contribution in [3.8, 4) is 0 Å². The van der Waals surface area contributed by atoms with Crippen LogP contribution >= 0.6 is 0 Å². The summed E-state index contributed by atoms with van der Waals surface area (Å²) in [4.78, 5) is 15.9. The van der Waals surface area contributed by atoms with Crippen molar-refractivity contribution >= 4 is 5.97 Å². The van der Waals surface area contributed by atoms with E-state index in [-0.39, 0.29) is 36.5 Å². The zero-order valence-corrected chi connectivity index (χ0v) is 29.9. The van der Waals surface area contributed by atoms with Gasteiger partial charge in [0.1, 0.15) is 18.3 Å². The molecule has 0 aliphatic carbocycles. The monoisotopic (exact) mass is 659 g/mol. The Hall–Kier alpha value is -0.930. The molecule has 2 bridgehead atoms. The number of methoxy groups -OCH3 is 1. The SMILES string of the molecule is CO[C@]1(C)C[C@H](O[C@H]2[C@H](C)[C@@H](O[C@@H]3O[C@H](C)C[C@H](N(C)C)[C@H]3O)[C@@]3(C)CC(C)C(O3)[C@H](C)[C@H](C(C)O)OC(=O)[C@@H]2C)O[C@@H](C)[C@@H]1O. The molecule has 0 radical (unpaired) electrons. The second-order valence-electron chi connectivity index (χ2n) is 15.4. The van der Waals surface area contributed by atoms with Crippen LogP contribution in [0.3, 0.4) is 0 Å². The second-order valence-corrected chi connectivity index (χ2v) is 15.4. The van der Waals surface area contributed by atoms with Crippen molar-refractivity contribution in [2.45, 2.75) is 166 Å². The maximum Gasteiger partial charge on any atom is 0.311 e. The molecule has 0 aromatic heterocycles. The lowest BCUT2D eigenvalue weighted by Gasteiger charge is -2.48. The molecule has 12 nitrogen and oxygen atoms in total. The first-order valence-corrected chi connectivity index (χ1v) is 17.1. The van der Waals surface area contributed by atoms with Gasteiger partial charge in [-0.15, -0.1) is 0 Å². The third-order valence-electron chi connectivity index (χ3n) is 11.3. The number of hydrogen-bond acceptors (Lipinski definition) is 12. The smallest absolute Gasteiger partial charge is 0.311 e. The molecule has 268 valence electrons. The van der Waals surface area contributed by atoms with Crippen LogP contribution in [-0.4, -0.2) is 132 Å². The molecule has 4 fully saturated rings. The average Bonchev–Trinajstić information content (AvgIpc) is 3.29. The van der Waals surface area contributed by atoms with Gasteiger partial charge < -0.3 is 53.4 Å². The first kappa shape index (κ1) is 37.9. The molecule has 0 amide bonds. The Labute approximate surface area is 275 Å². The van der Waals surface area contributed by atoms with Crippen LogP contribution in [0.5, 0.6) is 0 Å². The van der Waals surface area contributed by atoms with Crippen LogP contribution in [0.25, 0.3) is 0 Å². The number of aliphatic hydroxyl groups excluding tert-OH is 3. The zero-order chi connectivity index (χ0) is 34.5. The van der Waals surface area contributed by atoms with E-state index in [2.05, 4.69) is 6.92 Å². The van der Waals surface area contributed by atoms with E-state index < -0.39 is 84.3 Å². The highest BCUT2D eigenvalue weighted by molar-refractivity contribution is 5.73. The van der Waals surface area contributed by atoms with Crippen LogP contribution < -0.4 is 0 Å². The minimum atomic E-state index is -0.952. The number of ether oxygens (including phenoxy) is 7. The molecule has 12 heteroatoms. The molecule has 46 heavy (non-hydrogen) atoms. The zero-order valence-electron chi connectivity index (χ0n) is 29.9. The summed E-state index contributed by atoms with van der Waals surface area (Å²) in [7, 11) is 5.40. The summed E-state index contributed by atoms with van der Waals surface area (Å²) in [6.45, 7) is 16.9. The van der Waals surface area contributed by atoms with Crippen LogP contribution in [0.15, 0.2) is 0 Å². The van der Waals surface area contributed by atoms with E-state index in [1.165, 1.54) is 0 Å². The summed E-state index contributed by atoms with van der Waals surface area (Å²) in [6.07, 6.45) is -6.41. The molecular formula is C34H61NO11. The van der Waals surface area contributed by atoms with Gasteiger partial charge in [-0.25, -0.2) is 0 Å². The number of carbonyl (C=O) groups is 1. The number of likely N-dealkylation sites (N-methyl/N-ethyl adjacent to an activating group) is 1. The van der Waals surface area contributed by atoms with Gasteiger partial charge in [-0.2, -0.15) is 0 Å². The van der Waals surface area contributed by atoms with Crippen molar-refractivity contribution in [2.75, 3.05) is 21.2 Å². The molecular weight excluding hydrogens is 598 g/mol. The Morgan fingerprint density at radius 3 is 2.22 bits per heavy atom.